The zero-order valence-corrected chi connectivity index (χ0v) is 28.8. The number of carbonyl (C=O) groups excluding carboxylic acids is 1. The molecule has 1 N–H and O–H groups in total. The first-order valence-electron chi connectivity index (χ1n) is 14.6. The Morgan fingerprint density at radius 3 is 2.10 bits per heavy atom. The minimum absolute atomic E-state index is 0. The number of nitrogens with zero attached hydrogens (tertiary/aromatic N) is 1. The molecule has 0 aliphatic carbocycles. The molecular weight excluding hydrogens is 687 g/mol. The van der Waals surface area contributed by atoms with Crippen LogP contribution in [0.15, 0.2) is 52.7 Å². The fraction of sp³-hybridized carbons (Fsp3) is 0.444. The zero-order chi connectivity index (χ0) is 29.8. The summed E-state index contributed by atoms with van der Waals surface area (Å²) in [6.45, 7) is 20.4. The Bertz CT molecular complexity index is 1520. The van der Waals surface area contributed by atoms with Gasteiger partial charge < -0.3 is 9.52 Å². The van der Waals surface area contributed by atoms with Crippen LogP contribution in [0.5, 0.6) is 0 Å². The molecule has 4 aromatic rings. The summed E-state index contributed by atoms with van der Waals surface area (Å²) >= 11 is 0. The van der Waals surface area contributed by atoms with Crippen LogP contribution < -0.4 is 0 Å². The number of carbonyl (C=O) groups is 1. The van der Waals surface area contributed by atoms with Gasteiger partial charge in [0.05, 0.1) is 5.52 Å². The van der Waals surface area contributed by atoms with E-state index in [0.29, 0.717) is 0 Å². The van der Waals surface area contributed by atoms with Gasteiger partial charge in [-0.15, -0.1) is 34.9 Å². The number of hydrogen-bond acceptors (Lipinski definition) is 4. The van der Waals surface area contributed by atoms with E-state index in [1.54, 1.807) is 0 Å². The number of pyridine rings is 1. The van der Waals surface area contributed by atoms with Crippen LogP contribution in [0.25, 0.3) is 33.1 Å². The number of aliphatic hydroxyl groups excluding tert-OH is 1. The predicted octanol–water partition coefficient (Wildman–Crippen LogP) is 10.3. The van der Waals surface area contributed by atoms with Crippen LogP contribution in [0, 0.1) is 44.6 Å². The number of hydrogen-bond donors (Lipinski definition) is 1. The summed E-state index contributed by atoms with van der Waals surface area (Å²) in [7, 11) is 0. The molecule has 0 aliphatic heterocycles. The summed E-state index contributed by atoms with van der Waals surface area (Å²) < 4.78 is 6.09. The molecular formula is C36H46IrNO3-. The van der Waals surface area contributed by atoms with Gasteiger partial charge in [0.2, 0.25) is 0 Å². The smallest absolute Gasteiger partial charge is 0.164 e. The van der Waals surface area contributed by atoms with Gasteiger partial charge in [-0.25, -0.2) is 0 Å². The van der Waals surface area contributed by atoms with Crippen molar-refractivity contribution >= 4 is 27.7 Å². The van der Waals surface area contributed by atoms with Crippen molar-refractivity contribution in [2.45, 2.75) is 94.9 Å². The summed E-state index contributed by atoms with van der Waals surface area (Å²) in [5, 5.41) is 12.4. The molecule has 5 heteroatoms. The Labute approximate surface area is 260 Å². The Kier molecular flexibility index (Phi) is 11.7. The molecule has 2 aromatic heterocycles. The Hall–Kier alpha value is -2.75. The zero-order valence-electron chi connectivity index (χ0n) is 26.4. The van der Waals surface area contributed by atoms with E-state index >= 15 is 0 Å². The molecule has 1 radical (unpaired) electrons. The van der Waals surface area contributed by atoms with Crippen molar-refractivity contribution in [1.82, 2.24) is 4.98 Å². The van der Waals surface area contributed by atoms with E-state index in [1.807, 2.05) is 60.6 Å². The first-order chi connectivity index (χ1) is 18.8. The monoisotopic (exact) mass is 733 g/mol. The fourth-order valence-corrected chi connectivity index (χ4v) is 4.96. The van der Waals surface area contributed by atoms with Crippen molar-refractivity contribution in [3.8, 4) is 11.3 Å². The predicted molar refractivity (Wildman–Crippen MR) is 168 cm³/mol. The van der Waals surface area contributed by atoms with Gasteiger partial charge in [0.1, 0.15) is 17.1 Å². The van der Waals surface area contributed by atoms with Gasteiger partial charge in [-0.2, -0.15) is 0 Å². The van der Waals surface area contributed by atoms with Gasteiger partial charge in [-0.3, -0.25) is 9.78 Å². The molecule has 2 aromatic carbocycles. The second-order valence-electron chi connectivity index (χ2n) is 11.6. The van der Waals surface area contributed by atoms with Crippen molar-refractivity contribution in [1.29, 1.82) is 0 Å². The second-order valence-corrected chi connectivity index (χ2v) is 11.6. The van der Waals surface area contributed by atoms with Crippen LogP contribution in [0.1, 0.15) is 89.7 Å². The number of aryl methyl sites for hydroxylation is 4. The van der Waals surface area contributed by atoms with E-state index in [4.69, 9.17) is 9.40 Å². The largest absolute Gasteiger partial charge is 0.512 e. The maximum absolute atomic E-state index is 12.2. The molecule has 0 spiro atoms. The van der Waals surface area contributed by atoms with E-state index < -0.39 is 0 Å². The standard InChI is InChI=1S/C21H18NO.C15H28O2.Ir/c1-12-9-13(2)11-16(10-12)20-21-19(14(3)15(4)23-21)17-7-5-6-8-18(17)22-20;1-7-14(5,8-2)12(16)11-13(17)15(6,9-3)10-4;/h5-10H,1-4H3;11,16H,7-10H2,1-6H3;/q-1;;/b;12-11-;. The molecule has 0 saturated heterocycles. The minimum atomic E-state index is -0.337. The molecule has 0 aliphatic rings. The van der Waals surface area contributed by atoms with Crippen molar-refractivity contribution in [2.75, 3.05) is 0 Å². The molecule has 2 heterocycles. The summed E-state index contributed by atoms with van der Waals surface area (Å²) in [6.07, 6.45) is 4.75. The number of ketones is 1. The maximum atomic E-state index is 12.2. The average Bonchev–Trinajstić information content (AvgIpc) is 3.25. The third kappa shape index (κ3) is 7.19. The number of fused-ring (bicyclic) bond motifs is 3. The summed E-state index contributed by atoms with van der Waals surface area (Å²) in [4.78, 5) is 17.1. The van der Waals surface area contributed by atoms with Gasteiger partial charge in [-0.05, 0) is 51.2 Å². The van der Waals surface area contributed by atoms with E-state index in [1.165, 1.54) is 17.2 Å². The molecule has 0 amide bonds. The fourth-order valence-electron chi connectivity index (χ4n) is 4.96. The normalized spacial score (nSPS) is 12.2. The van der Waals surface area contributed by atoms with Crippen molar-refractivity contribution in [3.05, 3.63) is 76.8 Å². The Balaban J connectivity index is 0.000000296. The van der Waals surface area contributed by atoms with Gasteiger partial charge in [0.15, 0.2) is 5.78 Å². The molecule has 41 heavy (non-hydrogen) atoms. The molecule has 4 rings (SSSR count). The molecule has 4 nitrogen and oxygen atoms in total. The van der Waals surface area contributed by atoms with Crippen LogP contribution in [0.4, 0.5) is 0 Å². The van der Waals surface area contributed by atoms with E-state index in [2.05, 4.69) is 51.1 Å². The van der Waals surface area contributed by atoms with Crippen LogP contribution in [-0.2, 0) is 24.9 Å². The number of aliphatic hydroxyl groups is 1. The van der Waals surface area contributed by atoms with Crippen LogP contribution >= 0.6 is 0 Å². The van der Waals surface area contributed by atoms with Gasteiger partial charge in [0, 0.05) is 53.5 Å². The second kappa shape index (κ2) is 13.9. The van der Waals surface area contributed by atoms with E-state index in [0.717, 1.165) is 70.1 Å². The van der Waals surface area contributed by atoms with Crippen molar-refractivity contribution in [2.24, 2.45) is 10.8 Å². The third-order valence-corrected chi connectivity index (χ3v) is 9.01. The molecule has 0 unspecified atom stereocenters. The van der Waals surface area contributed by atoms with E-state index in [-0.39, 0.29) is 42.5 Å². The third-order valence-electron chi connectivity index (χ3n) is 9.01. The molecule has 0 bridgehead atoms. The van der Waals surface area contributed by atoms with Gasteiger partial charge in [-0.1, -0.05) is 73.6 Å². The topological polar surface area (TPSA) is 63.3 Å². The first-order valence-corrected chi connectivity index (χ1v) is 14.6. The number of rotatable bonds is 8. The quantitative estimate of drug-likeness (QED) is 0.111. The number of benzene rings is 2. The summed E-state index contributed by atoms with van der Waals surface area (Å²) in [5.74, 6) is 1.23. The molecule has 223 valence electrons. The Morgan fingerprint density at radius 1 is 0.951 bits per heavy atom. The maximum Gasteiger partial charge on any atom is 0.164 e. The number of allylic oxidation sites excluding steroid dienone is 2. The molecule has 0 atom stereocenters. The molecule has 0 saturated carbocycles. The number of aromatic nitrogens is 1. The number of para-hydroxylation sites is 1. The van der Waals surface area contributed by atoms with Crippen LogP contribution in [0.3, 0.4) is 0 Å². The van der Waals surface area contributed by atoms with Crippen LogP contribution in [0.2, 0.25) is 0 Å². The molecule has 0 fully saturated rings. The van der Waals surface area contributed by atoms with Gasteiger partial charge >= 0.3 is 0 Å². The van der Waals surface area contributed by atoms with Gasteiger partial charge in [0.25, 0.3) is 0 Å². The summed E-state index contributed by atoms with van der Waals surface area (Å²) in [5.41, 5.74) is 6.63. The number of furan rings is 1. The minimum Gasteiger partial charge on any atom is -0.512 e. The van der Waals surface area contributed by atoms with Crippen LogP contribution in [-0.4, -0.2) is 15.9 Å². The SMILES string of the molecule is CCC(C)(CC)C(=O)/C=C(\O)C(C)(CC)CC.Cc1[c-]c(-c2nc3ccccc3c3c(C)c(C)oc23)cc(C)c1.[Ir]. The van der Waals surface area contributed by atoms with Crippen molar-refractivity contribution in [3.63, 3.8) is 0 Å². The summed E-state index contributed by atoms with van der Waals surface area (Å²) in [6, 6.07) is 15.9. The first kappa shape index (κ1) is 34.5. The Morgan fingerprint density at radius 2 is 1.54 bits per heavy atom. The van der Waals surface area contributed by atoms with E-state index in [9.17, 15) is 9.90 Å². The van der Waals surface area contributed by atoms with Crippen molar-refractivity contribution < 1.29 is 34.4 Å². The average molecular weight is 733 g/mol.